The van der Waals surface area contributed by atoms with E-state index in [0.29, 0.717) is 0 Å². The summed E-state index contributed by atoms with van der Waals surface area (Å²) in [5.74, 6) is 0. The minimum absolute atomic E-state index is 0.281. The summed E-state index contributed by atoms with van der Waals surface area (Å²) in [6, 6.07) is 10.8. The summed E-state index contributed by atoms with van der Waals surface area (Å²) >= 11 is 1.78. The van der Waals surface area contributed by atoms with Crippen LogP contribution in [-0.4, -0.2) is 10.2 Å². The molecule has 0 amide bonds. The van der Waals surface area contributed by atoms with E-state index in [2.05, 4.69) is 75.1 Å². The van der Waals surface area contributed by atoms with Crippen LogP contribution in [0.3, 0.4) is 0 Å². The second-order valence-corrected chi connectivity index (χ2v) is 9.30. The molecule has 2 rings (SSSR count). The first kappa shape index (κ1) is 17.1. The summed E-state index contributed by atoms with van der Waals surface area (Å²) < 4.78 is 0. The molecule has 0 saturated carbocycles. The van der Waals surface area contributed by atoms with Gasteiger partial charge < -0.3 is 0 Å². The van der Waals surface area contributed by atoms with Crippen LogP contribution >= 0.6 is 11.3 Å². The molecule has 0 fully saturated rings. The van der Waals surface area contributed by atoms with E-state index in [4.69, 9.17) is 0 Å². The molecule has 22 heavy (non-hydrogen) atoms. The molecule has 0 unspecified atom stereocenters. The zero-order valence-corrected chi connectivity index (χ0v) is 15.3. The first-order valence-electron chi connectivity index (χ1n) is 8.09. The maximum absolute atomic E-state index is 4.38. The van der Waals surface area contributed by atoms with Gasteiger partial charge in [0.1, 0.15) is 10.0 Å². The van der Waals surface area contributed by atoms with Crippen molar-refractivity contribution in [1.29, 1.82) is 0 Å². The molecule has 0 spiro atoms. The Morgan fingerprint density at radius 2 is 1.50 bits per heavy atom. The lowest BCUT2D eigenvalue weighted by molar-refractivity contribution is 0.332. The van der Waals surface area contributed by atoms with Gasteiger partial charge in [-0.05, 0) is 29.2 Å². The molecule has 2 aromatic rings. The highest BCUT2D eigenvalue weighted by Gasteiger charge is 2.20. The second kappa shape index (κ2) is 6.91. The summed E-state index contributed by atoms with van der Waals surface area (Å²) in [5.41, 5.74) is 1.99. The average Bonchev–Trinajstić information content (AvgIpc) is 2.83. The molecule has 1 aromatic carbocycles. The molecule has 120 valence electrons. The number of aromatic nitrogens is 2. The fraction of sp³-hybridized carbons (Fsp3) is 0.579. The lowest BCUT2D eigenvalue weighted by Crippen LogP contribution is -2.16. The van der Waals surface area contributed by atoms with Crippen LogP contribution in [0.2, 0.25) is 0 Å². The Kier molecular flexibility index (Phi) is 5.38. The van der Waals surface area contributed by atoms with Crippen molar-refractivity contribution >= 4 is 11.3 Å². The third-order valence-corrected chi connectivity index (χ3v) is 4.71. The molecular weight excluding hydrogens is 288 g/mol. The highest BCUT2D eigenvalue weighted by atomic mass is 32.1. The van der Waals surface area contributed by atoms with Crippen molar-refractivity contribution in [3.8, 4) is 0 Å². The van der Waals surface area contributed by atoms with E-state index in [9.17, 15) is 0 Å². The highest BCUT2D eigenvalue weighted by molar-refractivity contribution is 7.11. The molecule has 0 N–H and O–H groups in total. The van der Waals surface area contributed by atoms with Crippen molar-refractivity contribution in [2.75, 3.05) is 0 Å². The molecular formula is C19H28N2S. The maximum Gasteiger partial charge on any atom is 0.117 e. The van der Waals surface area contributed by atoms with E-state index in [0.717, 1.165) is 25.7 Å². The van der Waals surface area contributed by atoms with E-state index in [1.54, 1.807) is 11.3 Å². The average molecular weight is 317 g/mol. The smallest absolute Gasteiger partial charge is 0.117 e. The minimum atomic E-state index is 0.281. The molecule has 3 heteroatoms. The molecule has 1 aromatic heterocycles. The largest absolute Gasteiger partial charge is 0.144 e. The topological polar surface area (TPSA) is 25.8 Å². The van der Waals surface area contributed by atoms with Gasteiger partial charge in [0.05, 0.1) is 0 Å². The Morgan fingerprint density at radius 1 is 0.864 bits per heavy atom. The lowest BCUT2D eigenvalue weighted by Gasteiger charge is -2.24. The van der Waals surface area contributed by atoms with Crippen LogP contribution in [0, 0.1) is 10.8 Å². The Bertz CT molecular complexity index is 579. The molecule has 0 radical (unpaired) electrons. The van der Waals surface area contributed by atoms with Crippen LogP contribution in [0.5, 0.6) is 0 Å². The van der Waals surface area contributed by atoms with Crippen molar-refractivity contribution in [2.24, 2.45) is 10.8 Å². The standard InChI is InChI=1S/C19H28N2S/c1-18(2,3)14-17-21-20-16(22-17)11-12-19(4,5)13-15-9-7-6-8-10-15/h6-10H,11-14H2,1-5H3. The molecule has 0 aliphatic carbocycles. The van der Waals surface area contributed by atoms with Crippen LogP contribution in [-0.2, 0) is 19.3 Å². The Balaban J connectivity index is 1.89. The van der Waals surface area contributed by atoms with Crippen molar-refractivity contribution in [1.82, 2.24) is 10.2 Å². The van der Waals surface area contributed by atoms with E-state index in [-0.39, 0.29) is 10.8 Å². The van der Waals surface area contributed by atoms with Gasteiger partial charge in [0.15, 0.2) is 0 Å². The zero-order chi connectivity index (χ0) is 16.2. The predicted molar refractivity (Wildman–Crippen MR) is 95.3 cm³/mol. The fourth-order valence-electron chi connectivity index (χ4n) is 2.60. The number of rotatable bonds is 6. The van der Waals surface area contributed by atoms with E-state index >= 15 is 0 Å². The van der Waals surface area contributed by atoms with Crippen molar-refractivity contribution < 1.29 is 0 Å². The summed E-state index contributed by atoms with van der Waals surface area (Å²) in [5, 5.41) is 11.1. The van der Waals surface area contributed by atoms with Crippen molar-refractivity contribution in [3.63, 3.8) is 0 Å². The molecule has 0 atom stereocenters. The van der Waals surface area contributed by atoms with Crippen LogP contribution in [0.15, 0.2) is 30.3 Å². The first-order chi connectivity index (χ1) is 10.2. The van der Waals surface area contributed by atoms with E-state index < -0.39 is 0 Å². The minimum Gasteiger partial charge on any atom is -0.144 e. The summed E-state index contributed by atoms with van der Waals surface area (Å²) in [6.07, 6.45) is 4.30. The molecule has 0 saturated heterocycles. The number of nitrogens with zero attached hydrogens (tertiary/aromatic N) is 2. The van der Waals surface area contributed by atoms with Gasteiger partial charge in [-0.3, -0.25) is 0 Å². The quantitative estimate of drug-likeness (QED) is 0.720. The number of hydrogen-bond acceptors (Lipinski definition) is 3. The SMILES string of the molecule is CC(C)(C)Cc1nnc(CCC(C)(C)Cc2ccccc2)s1. The highest BCUT2D eigenvalue weighted by Crippen LogP contribution is 2.29. The first-order valence-corrected chi connectivity index (χ1v) is 8.90. The van der Waals surface area contributed by atoms with Gasteiger partial charge >= 0.3 is 0 Å². The van der Waals surface area contributed by atoms with Gasteiger partial charge in [-0.25, -0.2) is 0 Å². The third kappa shape index (κ3) is 5.88. The van der Waals surface area contributed by atoms with Crippen molar-refractivity contribution in [3.05, 3.63) is 45.9 Å². The number of benzene rings is 1. The van der Waals surface area contributed by atoms with Gasteiger partial charge in [-0.15, -0.1) is 21.5 Å². The molecule has 1 heterocycles. The van der Waals surface area contributed by atoms with Gasteiger partial charge in [0.25, 0.3) is 0 Å². The van der Waals surface area contributed by atoms with Crippen LogP contribution < -0.4 is 0 Å². The van der Waals surface area contributed by atoms with Gasteiger partial charge in [0.2, 0.25) is 0 Å². The fourth-order valence-corrected chi connectivity index (χ4v) is 3.74. The Labute approximate surface area is 139 Å². The molecule has 0 bridgehead atoms. The van der Waals surface area contributed by atoms with Crippen LogP contribution in [0.4, 0.5) is 0 Å². The summed E-state index contributed by atoms with van der Waals surface area (Å²) in [6.45, 7) is 11.4. The summed E-state index contributed by atoms with van der Waals surface area (Å²) in [4.78, 5) is 0. The zero-order valence-electron chi connectivity index (χ0n) is 14.5. The normalized spacial score (nSPS) is 12.6. The number of aryl methyl sites for hydroxylation is 1. The van der Waals surface area contributed by atoms with Gasteiger partial charge in [-0.2, -0.15) is 0 Å². The Hall–Kier alpha value is -1.22. The van der Waals surface area contributed by atoms with Crippen LogP contribution in [0.1, 0.15) is 56.6 Å². The predicted octanol–water partition coefficient (Wildman–Crippen LogP) is 5.33. The van der Waals surface area contributed by atoms with Gasteiger partial charge in [-0.1, -0.05) is 65.0 Å². The Morgan fingerprint density at radius 3 is 2.14 bits per heavy atom. The molecule has 0 aliphatic rings. The number of hydrogen-bond donors (Lipinski definition) is 0. The summed E-state index contributed by atoms with van der Waals surface area (Å²) in [7, 11) is 0. The van der Waals surface area contributed by atoms with E-state index in [1.807, 2.05) is 0 Å². The second-order valence-electron chi connectivity index (χ2n) is 8.15. The maximum atomic E-state index is 4.38. The lowest BCUT2D eigenvalue weighted by atomic mass is 9.82. The third-order valence-electron chi connectivity index (χ3n) is 3.73. The molecule has 2 nitrogen and oxygen atoms in total. The molecule has 0 aliphatic heterocycles. The van der Waals surface area contributed by atoms with Gasteiger partial charge in [0, 0.05) is 12.8 Å². The monoisotopic (exact) mass is 316 g/mol. The van der Waals surface area contributed by atoms with E-state index in [1.165, 1.54) is 15.6 Å². The van der Waals surface area contributed by atoms with Crippen molar-refractivity contribution in [2.45, 2.75) is 60.3 Å². The van der Waals surface area contributed by atoms with Crippen LogP contribution in [0.25, 0.3) is 0 Å².